The predicted molar refractivity (Wildman–Crippen MR) is 94.9 cm³/mol. The van der Waals surface area contributed by atoms with Crippen LogP contribution in [0.4, 0.5) is 0 Å². The fraction of sp³-hybridized carbons (Fsp3) is 0.350. The van der Waals surface area contributed by atoms with Crippen molar-refractivity contribution in [3.05, 3.63) is 65.2 Å². The van der Waals surface area contributed by atoms with E-state index in [9.17, 15) is 5.11 Å². The van der Waals surface area contributed by atoms with E-state index in [4.69, 9.17) is 4.99 Å². The maximum Gasteiger partial charge on any atom is 0.120 e. The zero-order valence-corrected chi connectivity index (χ0v) is 14.0. The third-order valence-corrected chi connectivity index (χ3v) is 4.39. The van der Waals surface area contributed by atoms with Crippen molar-refractivity contribution in [2.75, 3.05) is 0 Å². The van der Waals surface area contributed by atoms with Crippen LogP contribution in [0.3, 0.4) is 0 Å². The number of benzene rings is 2. The van der Waals surface area contributed by atoms with Crippen LogP contribution in [0.15, 0.2) is 53.5 Å². The summed E-state index contributed by atoms with van der Waals surface area (Å²) in [5, 5.41) is 13.8. The Balaban J connectivity index is 1.96. The molecule has 0 aromatic heterocycles. The molecule has 2 atom stereocenters. The van der Waals surface area contributed by atoms with Gasteiger partial charge < -0.3 is 5.11 Å². The van der Waals surface area contributed by atoms with Gasteiger partial charge in [0.1, 0.15) is 11.9 Å². The number of hydrogen-bond donors (Lipinski definition) is 2. The van der Waals surface area contributed by atoms with Gasteiger partial charge in [0, 0.05) is 23.7 Å². The van der Waals surface area contributed by atoms with Crippen LogP contribution in [0.25, 0.3) is 0 Å². The first-order chi connectivity index (χ1) is 11.0. The maximum absolute atomic E-state index is 10.2. The molecule has 0 fully saturated rings. The number of aromatic hydroxyl groups is 1. The smallest absolute Gasteiger partial charge is 0.120 e. The van der Waals surface area contributed by atoms with Crippen LogP contribution in [0, 0.1) is 12.8 Å². The van der Waals surface area contributed by atoms with Gasteiger partial charge in [-0.1, -0.05) is 61.9 Å². The van der Waals surface area contributed by atoms with E-state index in [-0.39, 0.29) is 12.2 Å². The fourth-order valence-electron chi connectivity index (χ4n) is 2.98. The molecular weight excluding hydrogens is 284 g/mol. The predicted octanol–water partition coefficient (Wildman–Crippen LogP) is 4.21. The lowest BCUT2D eigenvalue weighted by atomic mass is 9.93. The van der Waals surface area contributed by atoms with Crippen molar-refractivity contribution in [1.82, 2.24) is 5.32 Å². The summed E-state index contributed by atoms with van der Waals surface area (Å²) in [6.45, 7) is 6.43. The van der Waals surface area contributed by atoms with Crippen molar-refractivity contribution in [2.45, 2.75) is 39.4 Å². The monoisotopic (exact) mass is 308 g/mol. The van der Waals surface area contributed by atoms with Gasteiger partial charge >= 0.3 is 0 Å². The molecule has 0 spiro atoms. The van der Waals surface area contributed by atoms with E-state index in [1.54, 1.807) is 6.07 Å². The SMILES string of the molecule is Cc1ccc(C2=NC(C(C)C)NC(c3ccccc3O)C2)cc1. The summed E-state index contributed by atoms with van der Waals surface area (Å²) in [5.74, 6) is 0.738. The Morgan fingerprint density at radius 3 is 2.43 bits per heavy atom. The van der Waals surface area contributed by atoms with Crippen LogP contribution >= 0.6 is 0 Å². The third kappa shape index (κ3) is 3.45. The van der Waals surface area contributed by atoms with Gasteiger partial charge in [0.25, 0.3) is 0 Å². The van der Waals surface area contributed by atoms with Crippen molar-refractivity contribution < 1.29 is 5.11 Å². The number of phenolic OH excluding ortho intramolecular Hbond substituents is 1. The molecule has 2 N–H and O–H groups in total. The van der Waals surface area contributed by atoms with Crippen LogP contribution in [0.5, 0.6) is 5.75 Å². The zero-order valence-electron chi connectivity index (χ0n) is 14.0. The summed E-state index contributed by atoms with van der Waals surface area (Å²) in [6.07, 6.45) is 0.841. The molecule has 0 amide bonds. The van der Waals surface area contributed by atoms with Crippen molar-refractivity contribution in [1.29, 1.82) is 0 Å². The lowest BCUT2D eigenvalue weighted by Gasteiger charge is -2.32. The number of aliphatic imine (C=N–C) groups is 1. The number of nitrogens with one attached hydrogen (secondary N) is 1. The van der Waals surface area contributed by atoms with Crippen molar-refractivity contribution in [3.8, 4) is 5.75 Å². The zero-order chi connectivity index (χ0) is 16.4. The molecule has 0 bridgehead atoms. The molecule has 3 rings (SSSR count). The lowest BCUT2D eigenvalue weighted by molar-refractivity contribution is 0.345. The summed E-state index contributed by atoms with van der Waals surface area (Å²) in [5.41, 5.74) is 4.47. The molecule has 0 aliphatic carbocycles. The Kier molecular flexibility index (Phi) is 4.49. The first-order valence-electron chi connectivity index (χ1n) is 8.22. The van der Waals surface area contributed by atoms with Gasteiger partial charge in [-0.15, -0.1) is 0 Å². The topological polar surface area (TPSA) is 44.6 Å². The highest BCUT2D eigenvalue weighted by Crippen LogP contribution is 2.31. The second-order valence-corrected chi connectivity index (χ2v) is 6.61. The Bertz CT molecular complexity index is 704. The fourth-order valence-corrected chi connectivity index (χ4v) is 2.98. The van der Waals surface area contributed by atoms with Gasteiger partial charge in [-0.25, -0.2) is 0 Å². The minimum atomic E-state index is 0.0599. The average Bonchev–Trinajstić information content (AvgIpc) is 2.55. The minimum Gasteiger partial charge on any atom is -0.508 e. The summed E-state index contributed by atoms with van der Waals surface area (Å²) in [7, 11) is 0. The quantitative estimate of drug-likeness (QED) is 0.892. The summed E-state index contributed by atoms with van der Waals surface area (Å²) in [6, 6.07) is 16.2. The van der Waals surface area contributed by atoms with Gasteiger partial charge in [-0.2, -0.15) is 0 Å². The van der Waals surface area contributed by atoms with Crippen molar-refractivity contribution in [3.63, 3.8) is 0 Å². The second kappa shape index (κ2) is 6.55. The van der Waals surface area contributed by atoms with E-state index >= 15 is 0 Å². The molecule has 1 aliphatic rings. The van der Waals surface area contributed by atoms with Crippen LogP contribution < -0.4 is 5.32 Å². The lowest BCUT2D eigenvalue weighted by Crippen LogP contribution is -2.41. The van der Waals surface area contributed by atoms with Gasteiger partial charge in [-0.3, -0.25) is 10.3 Å². The maximum atomic E-state index is 10.2. The van der Waals surface area contributed by atoms with Gasteiger partial charge in [0.05, 0.1) is 0 Å². The minimum absolute atomic E-state index is 0.0599. The van der Waals surface area contributed by atoms with Gasteiger partial charge in [0.2, 0.25) is 0 Å². The molecule has 2 unspecified atom stereocenters. The van der Waals surface area contributed by atoms with Gasteiger partial charge in [-0.05, 0) is 24.5 Å². The molecule has 23 heavy (non-hydrogen) atoms. The highest BCUT2D eigenvalue weighted by atomic mass is 16.3. The first-order valence-corrected chi connectivity index (χ1v) is 8.22. The average molecular weight is 308 g/mol. The normalized spacial score (nSPS) is 21.3. The number of hydrogen-bond acceptors (Lipinski definition) is 3. The number of aryl methyl sites for hydroxylation is 1. The highest BCUT2D eigenvalue weighted by molar-refractivity contribution is 6.01. The first kappa shape index (κ1) is 15.8. The number of phenols is 1. The van der Waals surface area contributed by atoms with E-state index < -0.39 is 0 Å². The summed E-state index contributed by atoms with van der Waals surface area (Å²) >= 11 is 0. The molecule has 1 aliphatic heterocycles. The molecule has 0 saturated heterocycles. The van der Waals surface area contributed by atoms with Crippen LogP contribution in [-0.4, -0.2) is 17.0 Å². The van der Waals surface area contributed by atoms with Crippen molar-refractivity contribution >= 4 is 5.71 Å². The molecule has 2 aromatic carbocycles. The Labute approximate surface area is 138 Å². The van der Waals surface area contributed by atoms with E-state index in [0.717, 1.165) is 17.7 Å². The Hall–Kier alpha value is -2.13. The molecule has 2 aromatic rings. The summed E-state index contributed by atoms with van der Waals surface area (Å²) in [4.78, 5) is 4.91. The van der Waals surface area contributed by atoms with Gasteiger partial charge in [0.15, 0.2) is 0 Å². The largest absolute Gasteiger partial charge is 0.508 e. The van der Waals surface area contributed by atoms with Crippen LogP contribution in [0.1, 0.15) is 43.0 Å². The highest BCUT2D eigenvalue weighted by Gasteiger charge is 2.27. The van der Waals surface area contributed by atoms with E-state index in [1.165, 1.54) is 11.1 Å². The number of rotatable bonds is 3. The summed E-state index contributed by atoms with van der Waals surface area (Å²) < 4.78 is 0. The number of para-hydroxylation sites is 1. The molecule has 0 radical (unpaired) electrons. The molecule has 1 heterocycles. The van der Waals surface area contributed by atoms with E-state index in [0.29, 0.717) is 11.7 Å². The van der Waals surface area contributed by atoms with E-state index in [1.807, 2.05) is 18.2 Å². The number of nitrogens with zero attached hydrogens (tertiary/aromatic N) is 1. The third-order valence-electron chi connectivity index (χ3n) is 4.39. The standard InChI is InChI=1S/C20H24N2O/c1-13(2)20-21-17(15-10-8-14(3)9-11-15)12-18(22-20)16-6-4-5-7-19(16)23/h4-11,13,18,20,22-23H,12H2,1-3H3. The Morgan fingerprint density at radius 1 is 1.09 bits per heavy atom. The molecule has 3 heteroatoms. The molecule has 0 saturated carbocycles. The molecule has 120 valence electrons. The molecule has 3 nitrogen and oxygen atoms in total. The second-order valence-electron chi connectivity index (χ2n) is 6.61. The van der Waals surface area contributed by atoms with Crippen molar-refractivity contribution in [2.24, 2.45) is 10.9 Å². The van der Waals surface area contributed by atoms with E-state index in [2.05, 4.69) is 50.4 Å². The molecular formula is C20H24N2O. The van der Waals surface area contributed by atoms with Crippen LogP contribution in [-0.2, 0) is 0 Å². The van der Waals surface area contributed by atoms with Crippen LogP contribution in [0.2, 0.25) is 0 Å². The Morgan fingerprint density at radius 2 is 1.78 bits per heavy atom.